The first-order chi connectivity index (χ1) is 4.90. The molecule has 3 heteroatoms. The summed E-state index contributed by atoms with van der Waals surface area (Å²) in [6.07, 6.45) is 0. The molecule has 0 aliphatic carbocycles. The second kappa shape index (κ2) is 3.51. The predicted molar refractivity (Wildman–Crippen MR) is 44.9 cm³/mol. The first kappa shape index (κ1) is 10.1. The summed E-state index contributed by atoms with van der Waals surface area (Å²) in [5, 5.41) is 0. The van der Waals surface area contributed by atoms with Gasteiger partial charge < -0.3 is 4.74 Å². The number of methoxy groups -OCH3 is 1. The van der Waals surface area contributed by atoms with Crippen LogP contribution in [0.4, 0.5) is 0 Å². The lowest BCUT2D eigenvalue weighted by molar-refractivity contribution is -0.145. The Labute approximate surface area is 67.5 Å². The van der Waals surface area contributed by atoms with Crippen molar-refractivity contribution < 1.29 is 9.53 Å². The molecule has 0 unspecified atom stereocenters. The number of carbonyl (C=O) groups excluding carboxylic acids is 1. The van der Waals surface area contributed by atoms with Crippen LogP contribution in [-0.2, 0) is 9.53 Å². The summed E-state index contributed by atoms with van der Waals surface area (Å²) in [5.41, 5.74) is 0.133. The van der Waals surface area contributed by atoms with E-state index in [1.807, 2.05) is 13.8 Å². The Bertz CT molecular complexity index is 179. The SMILES string of the molecule is COC(=O)C(C)(C)N=C(C)C. The Hall–Kier alpha value is -0.860. The fourth-order valence-corrected chi connectivity index (χ4v) is 0.854. The van der Waals surface area contributed by atoms with E-state index < -0.39 is 5.54 Å². The maximum atomic E-state index is 11.0. The molecule has 0 aromatic heterocycles. The van der Waals surface area contributed by atoms with Gasteiger partial charge in [-0.05, 0) is 27.7 Å². The van der Waals surface area contributed by atoms with Crippen LogP contribution in [0.25, 0.3) is 0 Å². The van der Waals surface area contributed by atoms with Crippen molar-refractivity contribution in [2.75, 3.05) is 7.11 Å². The number of esters is 1. The van der Waals surface area contributed by atoms with Crippen LogP contribution in [0.3, 0.4) is 0 Å². The summed E-state index contributed by atoms with van der Waals surface area (Å²) >= 11 is 0. The van der Waals surface area contributed by atoms with Gasteiger partial charge in [0.2, 0.25) is 0 Å². The van der Waals surface area contributed by atoms with Crippen molar-refractivity contribution in [1.82, 2.24) is 0 Å². The highest BCUT2D eigenvalue weighted by Gasteiger charge is 2.27. The average Bonchev–Trinajstić information content (AvgIpc) is 1.83. The quantitative estimate of drug-likeness (QED) is 0.449. The Morgan fingerprint density at radius 1 is 1.36 bits per heavy atom. The van der Waals surface area contributed by atoms with E-state index in [2.05, 4.69) is 9.73 Å². The fraction of sp³-hybridized carbons (Fsp3) is 0.750. The molecular formula is C8H15NO2. The highest BCUT2D eigenvalue weighted by atomic mass is 16.5. The van der Waals surface area contributed by atoms with Crippen molar-refractivity contribution in [3.05, 3.63) is 0 Å². The molecule has 11 heavy (non-hydrogen) atoms. The molecule has 0 spiro atoms. The third-order valence-corrected chi connectivity index (χ3v) is 1.19. The first-order valence-electron chi connectivity index (χ1n) is 3.51. The standard InChI is InChI=1S/C8H15NO2/c1-6(2)9-8(3,4)7(10)11-5/h1-5H3. The lowest BCUT2D eigenvalue weighted by Crippen LogP contribution is -2.31. The molecule has 0 heterocycles. The van der Waals surface area contributed by atoms with Gasteiger partial charge in [-0.25, -0.2) is 4.79 Å². The van der Waals surface area contributed by atoms with E-state index in [9.17, 15) is 4.79 Å². The number of carbonyl (C=O) groups is 1. The molecule has 0 aliphatic heterocycles. The van der Waals surface area contributed by atoms with E-state index in [-0.39, 0.29) is 5.97 Å². The van der Waals surface area contributed by atoms with Gasteiger partial charge in [-0.1, -0.05) is 0 Å². The van der Waals surface area contributed by atoms with Crippen LogP contribution in [0.1, 0.15) is 27.7 Å². The molecule has 0 radical (unpaired) electrons. The molecule has 3 nitrogen and oxygen atoms in total. The first-order valence-corrected chi connectivity index (χ1v) is 3.51. The zero-order chi connectivity index (χ0) is 9.07. The third-order valence-electron chi connectivity index (χ3n) is 1.19. The molecule has 0 N–H and O–H groups in total. The highest BCUT2D eigenvalue weighted by molar-refractivity contribution is 5.86. The third kappa shape index (κ3) is 3.16. The van der Waals surface area contributed by atoms with E-state index in [1.165, 1.54) is 7.11 Å². The van der Waals surface area contributed by atoms with Crippen LogP contribution in [0, 0.1) is 0 Å². The molecule has 0 rings (SSSR count). The monoisotopic (exact) mass is 157 g/mol. The van der Waals surface area contributed by atoms with Crippen molar-refractivity contribution >= 4 is 11.7 Å². The summed E-state index contributed by atoms with van der Waals surface area (Å²) in [7, 11) is 1.37. The minimum absolute atomic E-state index is 0.307. The Balaban J connectivity index is 4.46. The number of ether oxygens (including phenoxy) is 1. The molecule has 0 bridgehead atoms. The summed E-state index contributed by atoms with van der Waals surface area (Å²) < 4.78 is 4.57. The van der Waals surface area contributed by atoms with Crippen molar-refractivity contribution in [2.45, 2.75) is 33.2 Å². The summed E-state index contributed by atoms with van der Waals surface area (Å²) in [6, 6.07) is 0. The van der Waals surface area contributed by atoms with Crippen LogP contribution in [0.15, 0.2) is 4.99 Å². The second-order valence-corrected chi connectivity index (χ2v) is 3.11. The van der Waals surface area contributed by atoms with E-state index in [0.29, 0.717) is 0 Å². The van der Waals surface area contributed by atoms with Crippen LogP contribution < -0.4 is 0 Å². The molecule has 0 fully saturated rings. The molecule has 0 saturated heterocycles. The maximum Gasteiger partial charge on any atom is 0.333 e. The molecule has 0 saturated carbocycles. The van der Waals surface area contributed by atoms with E-state index >= 15 is 0 Å². The molecule has 0 amide bonds. The van der Waals surface area contributed by atoms with Crippen LogP contribution in [0.2, 0.25) is 0 Å². The fourth-order valence-electron chi connectivity index (χ4n) is 0.854. The molecule has 0 aromatic rings. The van der Waals surface area contributed by atoms with E-state index in [0.717, 1.165) is 5.71 Å². The zero-order valence-electron chi connectivity index (χ0n) is 7.76. The molecule has 64 valence electrons. The predicted octanol–water partition coefficient (Wildman–Crippen LogP) is 1.42. The van der Waals surface area contributed by atoms with Gasteiger partial charge in [0.1, 0.15) is 0 Å². The topological polar surface area (TPSA) is 38.7 Å². The number of hydrogen-bond donors (Lipinski definition) is 0. The van der Waals surface area contributed by atoms with Crippen LogP contribution in [-0.4, -0.2) is 24.3 Å². The van der Waals surface area contributed by atoms with Gasteiger partial charge in [0.15, 0.2) is 5.54 Å². The zero-order valence-corrected chi connectivity index (χ0v) is 7.76. The summed E-state index contributed by atoms with van der Waals surface area (Å²) in [4.78, 5) is 15.2. The molecule has 0 aromatic carbocycles. The molecule has 0 atom stereocenters. The summed E-state index contributed by atoms with van der Waals surface area (Å²) in [5.74, 6) is -0.307. The summed E-state index contributed by atoms with van der Waals surface area (Å²) in [6.45, 7) is 7.16. The molecule has 0 aliphatic rings. The van der Waals surface area contributed by atoms with Gasteiger partial charge in [-0.15, -0.1) is 0 Å². The Kier molecular flexibility index (Phi) is 3.23. The maximum absolute atomic E-state index is 11.0. The van der Waals surface area contributed by atoms with Crippen LogP contribution >= 0.6 is 0 Å². The minimum Gasteiger partial charge on any atom is -0.467 e. The average molecular weight is 157 g/mol. The van der Waals surface area contributed by atoms with Crippen molar-refractivity contribution in [2.24, 2.45) is 4.99 Å². The largest absolute Gasteiger partial charge is 0.467 e. The van der Waals surface area contributed by atoms with Crippen molar-refractivity contribution in [1.29, 1.82) is 0 Å². The normalized spacial score (nSPS) is 10.6. The van der Waals surface area contributed by atoms with E-state index in [1.54, 1.807) is 13.8 Å². The van der Waals surface area contributed by atoms with Gasteiger partial charge in [-0.3, -0.25) is 4.99 Å². The number of aliphatic imine (C=N–C) groups is 1. The second-order valence-electron chi connectivity index (χ2n) is 3.11. The smallest absolute Gasteiger partial charge is 0.333 e. The van der Waals surface area contributed by atoms with Gasteiger partial charge in [-0.2, -0.15) is 0 Å². The van der Waals surface area contributed by atoms with Gasteiger partial charge >= 0.3 is 5.97 Å². The number of nitrogens with zero attached hydrogens (tertiary/aromatic N) is 1. The lowest BCUT2D eigenvalue weighted by atomic mass is 10.1. The Morgan fingerprint density at radius 2 is 1.82 bits per heavy atom. The Morgan fingerprint density at radius 3 is 2.09 bits per heavy atom. The number of hydrogen-bond acceptors (Lipinski definition) is 3. The van der Waals surface area contributed by atoms with Crippen molar-refractivity contribution in [3.63, 3.8) is 0 Å². The number of rotatable bonds is 2. The highest BCUT2D eigenvalue weighted by Crippen LogP contribution is 2.10. The minimum atomic E-state index is -0.742. The van der Waals surface area contributed by atoms with Gasteiger partial charge in [0, 0.05) is 5.71 Å². The van der Waals surface area contributed by atoms with Gasteiger partial charge in [0.05, 0.1) is 7.11 Å². The van der Waals surface area contributed by atoms with E-state index in [4.69, 9.17) is 0 Å². The molecular weight excluding hydrogens is 142 g/mol. The van der Waals surface area contributed by atoms with Gasteiger partial charge in [0.25, 0.3) is 0 Å². The van der Waals surface area contributed by atoms with Crippen LogP contribution in [0.5, 0.6) is 0 Å². The van der Waals surface area contributed by atoms with Crippen molar-refractivity contribution in [3.8, 4) is 0 Å². The lowest BCUT2D eigenvalue weighted by Gasteiger charge is -2.16.